The summed E-state index contributed by atoms with van der Waals surface area (Å²) in [6.07, 6.45) is 1.49. The van der Waals surface area contributed by atoms with E-state index in [-0.39, 0.29) is 49.1 Å². The van der Waals surface area contributed by atoms with Crippen molar-refractivity contribution in [1.82, 2.24) is 20.1 Å². The summed E-state index contributed by atoms with van der Waals surface area (Å²) in [6.45, 7) is 1.46. The number of halogens is 1. The highest BCUT2D eigenvalue weighted by atomic mass is 19.1. The van der Waals surface area contributed by atoms with Crippen LogP contribution in [0.4, 0.5) is 15.0 Å². The van der Waals surface area contributed by atoms with Gasteiger partial charge in [0.1, 0.15) is 23.0 Å². The minimum atomic E-state index is -0.979. The minimum absolute atomic E-state index is 0.0508. The van der Waals surface area contributed by atoms with Gasteiger partial charge < -0.3 is 30.4 Å². The molecule has 1 saturated carbocycles. The highest BCUT2D eigenvalue weighted by Gasteiger charge is 2.44. The Kier molecular flexibility index (Phi) is 7.80. The summed E-state index contributed by atoms with van der Waals surface area (Å²) in [5.74, 6) is 0.482. The number of carboxylic acid groups (broad SMARTS) is 1. The van der Waals surface area contributed by atoms with Crippen LogP contribution in [0.2, 0.25) is 0 Å². The second kappa shape index (κ2) is 12.2. The van der Waals surface area contributed by atoms with Gasteiger partial charge >= 0.3 is 6.09 Å². The lowest BCUT2D eigenvalue weighted by molar-refractivity contribution is -0.122. The van der Waals surface area contributed by atoms with Gasteiger partial charge in [-0.2, -0.15) is 0 Å². The van der Waals surface area contributed by atoms with Gasteiger partial charge in [0.05, 0.1) is 6.54 Å². The van der Waals surface area contributed by atoms with Crippen molar-refractivity contribution in [2.45, 2.75) is 18.9 Å². The van der Waals surface area contributed by atoms with E-state index in [9.17, 15) is 23.9 Å². The van der Waals surface area contributed by atoms with Gasteiger partial charge in [0.2, 0.25) is 5.91 Å². The lowest BCUT2D eigenvalue weighted by Gasteiger charge is -2.33. The summed E-state index contributed by atoms with van der Waals surface area (Å²) in [5.41, 5.74) is 11.1. The fraction of sp³-hybridized carbons (Fsp3) is 0.222. The normalized spacial score (nSPS) is 17.5. The third kappa shape index (κ3) is 6.24. The third-order valence-corrected chi connectivity index (χ3v) is 8.93. The maximum absolute atomic E-state index is 13.8. The zero-order chi connectivity index (χ0) is 32.7. The average molecular weight is 634 g/mol. The molecule has 4 N–H and O–H groups in total. The maximum atomic E-state index is 13.8. The van der Waals surface area contributed by atoms with Crippen LogP contribution in [-0.2, 0) is 11.3 Å². The van der Waals surface area contributed by atoms with Gasteiger partial charge in [0.15, 0.2) is 0 Å². The number of pyridine rings is 1. The van der Waals surface area contributed by atoms with Crippen LogP contribution in [-0.4, -0.2) is 64.0 Å². The molecule has 11 heteroatoms. The number of carbonyl (C=O) groups is 3. The van der Waals surface area contributed by atoms with Gasteiger partial charge in [-0.1, -0.05) is 30.3 Å². The molecule has 3 heterocycles. The van der Waals surface area contributed by atoms with Crippen molar-refractivity contribution < 1.29 is 28.3 Å². The Labute approximate surface area is 269 Å². The summed E-state index contributed by atoms with van der Waals surface area (Å²) < 4.78 is 20.1. The van der Waals surface area contributed by atoms with E-state index in [0.29, 0.717) is 35.8 Å². The number of hydrogen-bond donors (Lipinski definition) is 3. The Morgan fingerprint density at radius 1 is 0.894 bits per heavy atom. The predicted molar refractivity (Wildman–Crippen MR) is 174 cm³/mol. The molecule has 1 saturated heterocycles. The molecular formula is C36H32FN5O5. The molecule has 238 valence electrons. The minimum Gasteiger partial charge on any atom is -0.465 e. The van der Waals surface area contributed by atoms with Gasteiger partial charge in [-0.15, -0.1) is 0 Å². The number of nitrogens with two attached hydrogens (primary N) is 1. The van der Waals surface area contributed by atoms with Crippen molar-refractivity contribution in [1.29, 1.82) is 0 Å². The smallest absolute Gasteiger partial charge is 0.407 e. The van der Waals surface area contributed by atoms with Crippen LogP contribution in [0.3, 0.4) is 0 Å². The lowest BCUT2D eigenvalue weighted by atomic mass is 9.96. The topological polar surface area (TPSA) is 142 Å². The lowest BCUT2D eigenvalue weighted by Crippen LogP contribution is -2.50. The van der Waals surface area contributed by atoms with Crippen LogP contribution >= 0.6 is 0 Å². The van der Waals surface area contributed by atoms with Crippen molar-refractivity contribution >= 4 is 34.7 Å². The maximum Gasteiger partial charge on any atom is 0.407 e. The van der Waals surface area contributed by atoms with E-state index < -0.39 is 6.09 Å². The Morgan fingerprint density at radius 3 is 2.28 bits per heavy atom. The standard InChI is InChI=1S/C36H32FN5O5/c37-27-8-5-22(6-9-27)30-17-25(21-1-3-23(4-2-21)35(44)41-11-13-42(14-12-41)36(45)46)15-26-16-28(47-33(26)30)20-40-34(43)31-18-29(31)24-7-10-32(38)39-19-24/h1-10,15-17,19,29,31H,11-14,18,20H2,(H2,38,39)(H,40,43)(H,45,46)/t29-,31+/m1/s1. The zero-order valence-corrected chi connectivity index (χ0v) is 25.4. The number of benzene rings is 3. The third-order valence-electron chi connectivity index (χ3n) is 8.93. The fourth-order valence-electron chi connectivity index (χ4n) is 6.19. The van der Waals surface area contributed by atoms with Crippen LogP contribution in [0.15, 0.2) is 89.5 Å². The number of aromatic nitrogens is 1. The zero-order valence-electron chi connectivity index (χ0n) is 25.4. The predicted octanol–water partition coefficient (Wildman–Crippen LogP) is 5.74. The summed E-state index contributed by atoms with van der Waals surface area (Å²) in [5, 5.41) is 13.0. The van der Waals surface area contributed by atoms with Crippen LogP contribution in [0, 0.1) is 11.7 Å². The number of fused-ring (bicyclic) bond motifs is 1. The van der Waals surface area contributed by atoms with Gasteiger partial charge in [-0.3, -0.25) is 9.59 Å². The molecule has 0 spiro atoms. The van der Waals surface area contributed by atoms with Gasteiger partial charge in [-0.05, 0) is 83.1 Å². The van der Waals surface area contributed by atoms with E-state index in [1.165, 1.54) is 17.0 Å². The van der Waals surface area contributed by atoms with Gasteiger partial charge in [-0.25, -0.2) is 14.2 Å². The number of nitrogens with zero attached hydrogens (tertiary/aromatic N) is 3. The number of rotatable bonds is 7. The first-order valence-corrected chi connectivity index (χ1v) is 15.4. The largest absolute Gasteiger partial charge is 0.465 e. The van der Waals surface area contributed by atoms with Crippen LogP contribution in [0.5, 0.6) is 0 Å². The summed E-state index contributed by atoms with van der Waals surface area (Å²) in [7, 11) is 0. The molecular weight excluding hydrogens is 601 g/mol. The Balaban J connectivity index is 1.11. The SMILES string of the molecule is Nc1ccc([C@H]2C[C@@H]2C(=O)NCc2cc3cc(-c4ccc(C(=O)N5CCN(C(=O)O)CC5)cc4)cc(-c4ccc(F)cc4)c3o2)cn1. The van der Waals surface area contributed by atoms with E-state index >= 15 is 0 Å². The molecule has 5 aromatic rings. The molecule has 1 aliphatic carbocycles. The number of anilines is 1. The monoisotopic (exact) mass is 633 g/mol. The quantitative estimate of drug-likeness (QED) is 0.208. The Morgan fingerprint density at radius 2 is 1.60 bits per heavy atom. The summed E-state index contributed by atoms with van der Waals surface area (Å²) >= 11 is 0. The van der Waals surface area contributed by atoms with E-state index in [4.69, 9.17) is 10.2 Å². The summed E-state index contributed by atoms with van der Waals surface area (Å²) in [4.78, 5) is 44.4. The first-order valence-electron chi connectivity index (χ1n) is 15.4. The molecule has 10 nitrogen and oxygen atoms in total. The summed E-state index contributed by atoms with van der Waals surface area (Å²) in [6, 6.07) is 23.0. The number of carbonyl (C=O) groups excluding carboxylic acids is 2. The van der Waals surface area contributed by atoms with Crippen molar-refractivity contribution in [2.75, 3.05) is 31.9 Å². The van der Waals surface area contributed by atoms with Crippen molar-refractivity contribution in [3.63, 3.8) is 0 Å². The highest BCUT2D eigenvalue weighted by Crippen LogP contribution is 2.47. The Bertz CT molecular complexity index is 1970. The molecule has 3 aromatic carbocycles. The number of nitrogen functional groups attached to an aromatic ring is 1. The molecule has 0 unspecified atom stereocenters. The molecule has 2 fully saturated rings. The molecule has 2 aromatic heterocycles. The first-order chi connectivity index (χ1) is 22.7. The van der Waals surface area contributed by atoms with E-state index in [1.54, 1.807) is 41.4 Å². The van der Waals surface area contributed by atoms with E-state index in [0.717, 1.165) is 39.6 Å². The van der Waals surface area contributed by atoms with E-state index in [2.05, 4.69) is 10.3 Å². The van der Waals surface area contributed by atoms with Crippen LogP contribution < -0.4 is 11.1 Å². The molecule has 47 heavy (non-hydrogen) atoms. The molecule has 0 bridgehead atoms. The molecule has 2 aliphatic rings. The van der Waals surface area contributed by atoms with Crippen molar-refractivity contribution in [3.8, 4) is 22.3 Å². The van der Waals surface area contributed by atoms with Gasteiger partial charge in [0, 0.05) is 54.8 Å². The second-order valence-electron chi connectivity index (χ2n) is 12.0. The number of nitrogens with one attached hydrogen (secondary N) is 1. The van der Waals surface area contributed by atoms with Crippen LogP contribution in [0.1, 0.15) is 34.0 Å². The number of piperazine rings is 1. The van der Waals surface area contributed by atoms with E-state index in [1.807, 2.05) is 36.4 Å². The number of furan rings is 1. The van der Waals surface area contributed by atoms with Gasteiger partial charge in [0.25, 0.3) is 5.91 Å². The molecule has 2 atom stereocenters. The fourth-order valence-corrected chi connectivity index (χ4v) is 6.19. The second-order valence-corrected chi connectivity index (χ2v) is 12.0. The number of hydrogen-bond acceptors (Lipinski definition) is 6. The highest BCUT2D eigenvalue weighted by molar-refractivity contribution is 5.98. The molecule has 1 aliphatic heterocycles. The first kappa shape index (κ1) is 30.0. The molecule has 7 rings (SSSR count). The average Bonchev–Trinajstić information content (AvgIpc) is 3.78. The number of amides is 3. The molecule has 0 radical (unpaired) electrons. The van der Waals surface area contributed by atoms with Crippen molar-refractivity contribution in [3.05, 3.63) is 108 Å². The Hall–Kier alpha value is -5.71. The molecule has 3 amide bonds. The van der Waals surface area contributed by atoms with Crippen LogP contribution in [0.25, 0.3) is 33.2 Å². The van der Waals surface area contributed by atoms with Crippen molar-refractivity contribution in [2.24, 2.45) is 5.92 Å².